The lowest BCUT2D eigenvalue weighted by atomic mass is 10.1. The van der Waals surface area contributed by atoms with E-state index in [0.29, 0.717) is 10.8 Å². The molecular weight excluding hydrogens is 353 g/mol. The zero-order valence-electron chi connectivity index (χ0n) is 13.0. The number of hydrogen-bond acceptors (Lipinski definition) is 3. The van der Waals surface area contributed by atoms with Gasteiger partial charge < -0.3 is 10.2 Å². The van der Waals surface area contributed by atoms with Gasteiger partial charge >= 0.3 is 0 Å². The molecule has 8 heteroatoms. The van der Waals surface area contributed by atoms with Gasteiger partial charge in [-0.05, 0) is 42.9 Å². The molecule has 126 valence electrons. The number of anilines is 1. The van der Waals surface area contributed by atoms with Crippen LogP contribution in [0.4, 0.5) is 15.8 Å². The first-order chi connectivity index (χ1) is 11.3. The number of hydrogen-bond donors (Lipinski definition) is 1. The minimum absolute atomic E-state index is 0.00261. The molecule has 1 N–H and O–H groups in total. The van der Waals surface area contributed by atoms with Crippen LogP contribution in [-0.4, -0.2) is 22.0 Å². The van der Waals surface area contributed by atoms with Crippen molar-refractivity contribution in [1.29, 1.82) is 0 Å². The van der Waals surface area contributed by atoms with Crippen molar-refractivity contribution in [3.63, 3.8) is 0 Å². The highest BCUT2D eigenvalue weighted by Crippen LogP contribution is 2.24. The number of halogens is 2. The number of nitro groups is 1. The Hall–Kier alpha value is -2.25. The smallest absolute Gasteiger partial charge is 0.269 e. The first kappa shape index (κ1) is 18.1. The number of thiocarbonyl (C=S) groups is 1. The van der Waals surface area contributed by atoms with Gasteiger partial charge in [-0.25, -0.2) is 4.39 Å². The highest BCUT2D eigenvalue weighted by molar-refractivity contribution is 7.80. The van der Waals surface area contributed by atoms with E-state index in [1.807, 2.05) is 6.92 Å². The first-order valence-corrected chi connectivity index (χ1v) is 7.81. The van der Waals surface area contributed by atoms with E-state index in [-0.39, 0.29) is 16.8 Å². The van der Waals surface area contributed by atoms with Crippen molar-refractivity contribution in [3.05, 3.63) is 69.0 Å². The molecule has 0 aromatic heterocycles. The second kappa shape index (κ2) is 7.55. The Bertz CT molecular complexity index is 788. The van der Waals surface area contributed by atoms with Gasteiger partial charge in [0.15, 0.2) is 5.11 Å². The number of nitrogens with zero attached hydrogens (tertiary/aromatic N) is 2. The van der Waals surface area contributed by atoms with Crippen molar-refractivity contribution in [1.82, 2.24) is 4.90 Å². The van der Waals surface area contributed by atoms with Crippen LogP contribution in [0.3, 0.4) is 0 Å². The summed E-state index contributed by atoms with van der Waals surface area (Å²) >= 11 is 11.1. The SMILES string of the molecule is C[C@H](c1cccc([N+](=O)[O-])c1)N(C)C(=S)Nc1ccc(F)c(Cl)c1. The van der Waals surface area contributed by atoms with Crippen LogP contribution in [0.5, 0.6) is 0 Å². The number of nitrogens with one attached hydrogen (secondary N) is 1. The topological polar surface area (TPSA) is 58.4 Å². The molecule has 0 heterocycles. The second-order valence-electron chi connectivity index (χ2n) is 5.20. The summed E-state index contributed by atoms with van der Waals surface area (Å²) in [5.74, 6) is -0.508. The van der Waals surface area contributed by atoms with Gasteiger partial charge in [-0.1, -0.05) is 23.7 Å². The Morgan fingerprint density at radius 2 is 2.08 bits per heavy atom. The van der Waals surface area contributed by atoms with Crippen LogP contribution in [0, 0.1) is 15.9 Å². The van der Waals surface area contributed by atoms with E-state index in [9.17, 15) is 14.5 Å². The largest absolute Gasteiger partial charge is 0.345 e. The number of benzene rings is 2. The minimum Gasteiger partial charge on any atom is -0.345 e. The fraction of sp³-hybridized carbons (Fsp3) is 0.188. The molecule has 0 unspecified atom stereocenters. The van der Waals surface area contributed by atoms with Gasteiger partial charge in [0.05, 0.1) is 16.0 Å². The molecule has 2 aromatic carbocycles. The molecule has 0 aliphatic rings. The van der Waals surface area contributed by atoms with Crippen molar-refractivity contribution in [3.8, 4) is 0 Å². The third-order valence-electron chi connectivity index (χ3n) is 3.64. The summed E-state index contributed by atoms with van der Waals surface area (Å²) in [7, 11) is 1.77. The molecule has 0 saturated heterocycles. The molecule has 24 heavy (non-hydrogen) atoms. The van der Waals surface area contributed by atoms with Crippen LogP contribution in [0.15, 0.2) is 42.5 Å². The van der Waals surface area contributed by atoms with Crippen LogP contribution in [-0.2, 0) is 0 Å². The lowest BCUT2D eigenvalue weighted by Gasteiger charge is -2.28. The molecule has 0 bridgehead atoms. The van der Waals surface area contributed by atoms with E-state index in [2.05, 4.69) is 5.32 Å². The minimum atomic E-state index is -0.508. The molecule has 0 aliphatic carbocycles. The number of rotatable bonds is 4. The highest BCUT2D eigenvalue weighted by atomic mass is 35.5. The van der Waals surface area contributed by atoms with Crippen molar-refractivity contribution in [2.45, 2.75) is 13.0 Å². The highest BCUT2D eigenvalue weighted by Gasteiger charge is 2.17. The number of non-ortho nitro benzene ring substituents is 1. The summed E-state index contributed by atoms with van der Waals surface area (Å²) in [4.78, 5) is 12.2. The maximum Gasteiger partial charge on any atom is 0.269 e. The lowest BCUT2D eigenvalue weighted by molar-refractivity contribution is -0.384. The third-order valence-corrected chi connectivity index (χ3v) is 4.32. The summed E-state index contributed by atoms with van der Waals surface area (Å²) in [6.45, 7) is 1.88. The van der Waals surface area contributed by atoms with E-state index in [1.165, 1.54) is 30.3 Å². The molecule has 0 radical (unpaired) electrons. The van der Waals surface area contributed by atoms with Crippen LogP contribution in [0.2, 0.25) is 5.02 Å². The standard InChI is InChI=1S/C16H15ClFN3O2S/c1-10(11-4-3-5-13(8-11)21(22)23)20(2)16(24)19-12-6-7-15(18)14(17)9-12/h3-10H,1-2H3,(H,19,24)/t10-/m1/s1. The van der Waals surface area contributed by atoms with E-state index in [4.69, 9.17) is 23.8 Å². The predicted molar refractivity (Wildman–Crippen MR) is 96.9 cm³/mol. The molecule has 0 fully saturated rings. The quantitative estimate of drug-likeness (QED) is 0.479. The van der Waals surface area contributed by atoms with Crippen molar-refractivity contribution < 1.29 is 9.31 Å². The molecular formula is C16H15ClFN3O2S. The van der Waals surface area contributed by atoms with E-state index in [1.54, 1.807) is 24.1 Å². The number of nitro benzene ring substituents is 1. The molecule has 0 amide bonds. The van der Waals surface area contributed by atoms with Crippen LogP contribution >= 0.6 is 23.8 Å². The molecule has 1 atom stereocenters. The van der Waals surface area contributed by atoms with Crippen molar-refractivity contribution in [2.75, 3.05) is 12.4 Å². The van der Waals surface area contributed by atoms with Crippen LogP contribution < -0.4 is 5.32 Å². The summed E-state index contributed by atoms with van der Waals surface area (Å²) < 4.78 is 13.2. The van der Waals surface area contributed by atoms with Crippen molar-refractivity contribution >= 4 is 40.3 Å². The Morgan fingerprint density at radius 1 is 1.38 bits per heavy atom. The summed E-state index contributed by atoms with van der Waals surface area (Å²) in [6.07, 6.45) is 0. The molecule has 0 spiro atoms. The Labute approximate surface area is 149 Å². The van der Waals surface area contributed by atoms with Crippen molar-refractivity contribution in [2.24, 2.45) is 0 Å². The van der Waals surface area contributed by atoms with Gasteiger partial charge in [0.25, 0.3) is 5.69 Å². The molecule has 0 saturated carbocycles. The lowest BCUT2D eigenvalue weighted by Crippen LogP contribution is -2.33. The fourth-order valence-corrected chi connectivity index (χ4v) is 2.54. The summed E-state index contributed by atoms with van der Waals surface area (Å²) in [5.41, 5.74) is 1.34. The van der Waals surface area contributed by atoms with Crippen LogP contribution in [0.1, 0.15) is 18.5 Å². The van der Waals surface area contributed by atoms with Gasteiger partial charge in [0.1, 0.15) is 5.82 Å². The fourth-order valence-electron chi connectivity index (χ4n) is 2.08. The zero-order valence-corrected chi connectivity index (χ0v) is 14.6. The molecule has 5 nitrogen and oxygen atoms in total. The maximum atomic E-state index is 13.2. The van der Waals surface area contributed by atoms with Crippen LogP contribution in [0.25, 0.3) is 0 Å². The first-order valence-electron chi connectivity index (χ1n) is 7.03. The third kappa shape index (κ3) is 4.18. The van der Waals surface area contributed by atoms with Gasteiger partial charge in [-0.2, -0.15) is 0 Å². The van der Waals surface area contributed by atoms with Gasteiger partial charge in [0.2, 0.25) is 0 Å². The zero-order chi connectivity index (χ0) is 17.9. The van der Waals surface area contributed by atoms with Gasteiger partial charge in [-0.3, -0.25) is 10.1 Å². The summed E-state index contributed by atoms with van der Waals surface area (Å²) in [6, 6.07) is 10.4. The second-order valence-corrected chi connectivity index (χ2v) is 5.99. The molecule has 0 aliphatic heterocycles. The van der Waals surface area contributed by atoms with Gasteiger partial charge in [-0.15, -0.1) is 0 Å². The summed E-state index contributed by atoms with van der Waals surface area (Å²) in [5, 5.41) is 14.2. The van der Waals surface area contributed by atoms with E-state index < -0.39 is 10.7 Å². The average molecular weight is 368 g/mol. The molecule has 2 rings (SSSR count). The van der Waals surface area contributed by atoms with E-state index in [0.717, 1.165) is 5.56 Å². The Balaban J connectivity index is 2.13. The Kier molecular flexibility index (Phi) is 5.69. The normalized spacial score (nSPS) is 11.7. The average Bonchev–Trinajstić information content (AvgIpc) is 2.56. The Morgan fingerprint density at radius 3 is 2.71 bits per heavy atom. The maximum absolute atomic E-state index is 13.2. The predicted octanol–water partition coefficient (Wildman–Crippen LogP) is 4.78. The van der Waals surface area contributed by atoms with E-state index >= 15 is 0 Å². The monoisotopic (exact) mass is 367 g/mol. The van der Waals surface area contributed by atoms with Gasteiger partial charge in [0, 0.05) is 24.9 Å². The molecule has 2 aromatic rings.